The molecule has 33 heavy (non-hydrogen) atoms. The summed E-state index contributed by atoms with van der Waals surface area (Å²) in [5.41, 5.74) is 4.71. The lowest BCUT2D eigenvalue weighted by atomic mass is 10.00. The number of rotatable bonds is 11. The van der Waals surface area contributed by atoms with Crippen molar-refractivity contribution in [3.8, 4) is 10.6 Å². The van der Waals surface area contributed by atoms with Gasteiger partial charge in [-0.25, -0.2) is 4.98 Å². The number of ether oxygens (including phenoxy) is 2. The highest BCUT2D eigenvalue weighted by Crippen LogP contribution is 2.43. The number of Topliss-reactive ketones (excluding diaryl/α,β-unsaturated/α-hetero) is 1. The maximum atomic E-state index is 12.8. The Hall–Kier alpha value is -1.84. The van der Waals surface area contributed by atoms with Crippen molar-refractivity contribution in [2.45, 2.75) is 51.1 Å². The number of aromatic nitrogens is 1. The summed E-state index contributed by atoms with van der Waals surface area (Å²) in [6, 6.07) is 6.69. The van der Waals surface area contributed by atoms with E-state index in [9.17, 15) is 4.79 Å². The van der Waals surface area contributed by atoms with Gasteiger partial charge in [-0.05, 0) is 43.5 Å². The molecule has 1 fully saturated rings. The number of hydrogen-bond donors (Lipinski definition) is 2. The van der Waals surface area contributed by atoms with Crippen molar-refractivity contribution in [3.63, 3.8) is 0 Å². The molecule has 0 radical (unpaired) electrons. The van der Waals surface area contributed by atoms with Gasteiger partial charge in [0.1, 0.15) is 16.3 Å². The van der Waals surface area contributed by atoms with Gasteiger partial charge in [-0.3, -0.25) is 4.79 Å². The van der Waals surface area contributed by atoms with Crippen LogP contribution >= 0.6 is 22.7 Å². The first-order chi connectivity index (χ1) is 16.2. The van der Waals surface area contributed by atoms with Gasteiger partial charge in [0.2, 0.25) is 0 Å². The summed E-state index contributed by atoms with van der Waals surface area (Å²) in [5, 5.41) is 8.11. The molecule has 0 saturated carbocycles. The molecule has 5 rings (SSSR count). The number of ketones is 1. The van der Waals surface area contributed by atoms with Crippen LogP contribution in [0.1, 0.15) is 41.0 Å². The van der Waals surface area contributed by atoms with E-state index in [1.165, 1.54) is 25.6 Å². The van der Waals surface area contributed by atoms with Crippen LogP contribution in [-0.2, 0) is 33.7 Å². The van der Waals surface area contributed by atoms with Gasteiger partial charge in [-0.1, -0.05) is 12.5 Å². The Morgan fingerprint density at radius 1 is 1.27 bits per heavy atom. The van der Waals surface area contributed by atoms with E-state index in [0.29, 0.717) is 24.7 Å². The number of fused-ring (bicyclic) bond motifs is 2. The molecule has 0 amide bonds. The monoisotopic (exact) mass is 485 g/mol. The van der Waals surface area contributed by atoms with Gasteiger partial charge in [0.05, 0.1) is 29.6 Å². The Bertz CT molecular complexity index is 1120. The summed E-state index contributed by atoms with van der Waals surface area (Å²) in [6.07, 6.45) is 5.14. The molecule has 8 heteroatoms. The molecule has 0 bridgehead atoms. The summed E-state index contributed by atoms with van der Waals surface area (Å²) in [5.74, 6) is 0.327. The molecular weight excluding hydrogens is 454 g/mol. The van der Waals surface area contributed by atoms with Crippen LogP contribution in [0.5, 0.6) is 0 Å². The summed E-state index contributed by atoms with van der Waals surface area (Å²) < 4.78 is 11.6. The number of para-hydroxylation sites is 1. The predicted molar refractivity (Wildman–Crippen MR) is 136 cm³/mol. The standard InChI is InChI=1S/C25H31N3O3S2/c1-30-11-4-2-3-6-17(29)12-21-23(18-9-10-26-13-22(18)32-21)25-28-24-19(27-16-14-31-15-16)7-5-8-20(24)33-25/h5,7-8,16,26-27H,2-4,6,9-15H2,1H3. The molecule has 2 aliphatic rings. The number of anilines is 1. The molecule has 4 heterocycles. The average molecular weight is 486 g/mol. The first-order valence-electron chi connectivity index (χ1n) is 11.8. The zero-order valence-electron chi connectivity index (χ0n) is 19.1. The number of thiazole rings is 1. The second kappa shape index (κ2) is 10.6. The first kappa shape index (κ1) is 22.9. The summed E-state index contributed by atoms with van der Waals surface area (Å²) in [6.45, 7) is 4.12. The summed E-state index contributed by atoms with van der Waals surface area (Å²) in [4.78, 5) is 20.5. The molecule has 3 aromatic rings. The number of nitrogens with zero attached hydrogens (tertiary/aromatic N) is 1. The molecule has 1 aromatic carbocycles. The Morgan fingerprint density at radius 2 is 2.18 bits per heavy atom. The third-order valence-electron chi connectivity index (χ3n) is 6.29. The Kier molecular flexibility index (Phi) is 7.37. The maximum Gasteiger partial charge on any atom is 0.138 e. The van der Waals surface area contributed by atoms with Crippen LogP contribution in [0.2, 0.25) is 0 Å². The van der Waals surface area contributed by atoms with Crippen molar-refractivity contribution in [2.75, 3.05) is 38.8 Å². The van der Waals surface area contributed by atoms with Crippen molar-refractivity contribution < 1.29 is 14.3 Å². The average Bonchev–Trinajstić information content (AvgIpc) is 3.37. The van der Waals surface area contributed by atoms with Gasteiger partial charge < -0.3 is 20.1 Å². The van der Waals surface area contributed by atoms with E-state index in [1.807, 2.05) is 0 Å². The Labute approximate surface area is 202 Å². The highest BCUT2D eigenvalue weighted by molar-refractivity contribution is 7.22. The van der Waals surface area contributed by atoms with E-state index in [-0.39, 0.29) is 0 Å². The zero-order valence-corrected chi connectivity index (χ0v) is 20.7. The largest absolute Gasteiger partial charge is 0.385 e. The third kappa shape index (κ3) is 5.15. The lowest BCUT2D eigenvalue weighted by Gasteiger charge is -2.27. The van der Waals surface area contributed by atoms with Gasteiger partial charge >= 0.3 is 0 Å². The lowest BCUT2D eigenvalue weighted by Crippen LogP contribution is -2.40. The molecule has 0 aliphatic carbocycles. The fourth-order valence-corrected chi connectivity index (χ4v) is 7.00. The maximum absolute atomic E-state index is 12.8. The number of unbranched alkanes of at least 4 members (excludes halogenated alkanes) is 2. The van der Waals surface area contributed by atoms with E-state index in [0.717, 1.165) is 74.8 Å². The Balaban J connectivity index is 1.41. The first-order valence-corrected chi connectivity index (χ1v) is 13.4. The minimum Gasteiger partial charge on any atom is -0.385 e. The minimum atomic E-state index is 0.327. The number of nitrogens with one attached hydrogen (secondary N) is 2. The van der Waals surface area contributed by atoms with Crippen LogP contribution in [0.3, 0.4) is 0 Å². The molecule has 0 spiro atoms. The van der Waals surface area contributed by atoms with E-state index < -0.39 is 0 Å². The number of thiophene rings is 1. The van der Waals surface area contributed by atoms with E-state index in [1.54, 1.807) is 29.8 Å². The highest BCUT2D eigenvalue weighted by atomic mass is 32.1. The quantitative estimate of drug-likeness (QED) is 0.380. The topological polar surface area (TPSA) is 72.5 Å². The molecule has 2 aromatic heterocycles. The SMILES string of the molecule is COCCCCCC(=O)Cc1sc2c(c1-c1nc3c(NC4COC4)cccc3s1)CCNC2. The van der Waals surface area contributed by atoms with Gasteiger partial charge in [0, 0.05) is 48.4 Å². The van der Waals surface area contributed by atoms with Crippen LogP contribution in [0.25, 0.3) is 20.8 Å². The zero-order chi connectivity index (χ0) is 22.6. The summed E-state index contributed by atoms with van der Waals surface area (Å²) in [7, 11) is 1.73. The second-order valence-electron chi connectivity index (χ2n) is 8.80. The van der Waals surface area contributed by atoms with Crippen LogP contribution in [-0.4, -0.2) is 50.3 Å². The second-order valence-corrected chi connectivity index (χ2v) is 11.0. The molecule has 0 atom stereocenters. The minimum absolute atomic E-state index is 0.327. The number of hydrogen-bond acceptors (Lipinski definition) is 8. The fraction of sp³-hybridized carbons (Fsp3) is 0.520. The normalized spacial score (nSPS) is 16.0. The Morgan fingerprint density at radius 3 is 3.00 bits per heavy atom. The van der Waals surface area contributed by atoms with Gasteiger partial charge in [0.25, 0.3) is 0 Å². The lowest BCUT2D eigenvalue weighted by molar-refractivity contribution is -0.118. The van der Waals surface area contributed by atoms with Crippen molar-refractivity contribution in [1.82, 2.24) is 10.3 Å². The van der Waals surface area contributed by atoms with Gasteiger partial charge in [0.15, 0.2) is 0 Å². The van der Waals surface area contributed by atoms with Crippen molar-refractivity contribution in [2.24, 2.45) is 0 Å². The van der Waals surface area contributed by atoms with Crippen molar-refractivity contribution >= 4 is 44.4 Å². The summed E-state index contributed by atoms with van der Waals surface area (Å²) >= 11 is 3.54. The van der Waals surface area contributed by atoms with Crippen molar-refractivity contribution in [3.05, 3.63) is 33.5 Å². The van der Waals surface area contributed by atoms with Crippen LogP contribution in [0.15, 0.2) is 18.2 Å². The van der Waals surface area contributed by atoms with Crippen LogP contribution in [0, 0.1) is 0 Å². The molecule has 1 saturated heterocycles. The van der Waals surface area contributed by atoms with E-state index >= 15 is 0 Å². The number of carbonyl (C=O) groups is 1. The molecule has 2 N–H and O–H groups in total. The third-order valence-corrected chi connectivity index (χ3v) is 8.56. The molecular formula is C25H31N3O3S2. The predicted octanol–water partition coefficient (Wildman–Crippen LogP) is 4.80. The van der Waals surface area contributed by atoms with E-state index in [4.69, 9.17) is 14.5 Å². The number of carbonyl (C=O) groups excluding carboxylic acids is 1. The highest BCUT2D eigenvalue weighted by Gasteiger charge is 2.26. The van der Waals surface area contributed by atoms with E-state index in [2.05, 4.69) is 28.8 Å². The van der Waals surface area contributed by atoms with Crippen molar-refractivity contribution in [1.29, 1.82) is 0 Å². The van der Waals surface area contributed by atoms with Gasteiger partial charge in [-0.2, -0.15) is 0 Å². The number of benzene rings is 1. The van der Waals surface area contributed by atoms with Crippen LogP contribution < -0.4 is 10.6 Å². The molecule has 0 unspecified atom stereocenters. The molecule has 176 valence electrons. The smallest absolute Gasteiger partial charge is 0.138 e. The van der Waals surface area contributed by atoms with Gasteiger partial charge in [-0.15, -0.1) is 22.7 Å². The molecule has 6 nitrogen and oxygen atoms in total. The fourth-order valence-electron chi connectivity index (χ4n) is 4.49. The molecule has 2 aliphatic heterocycles. The number of methoxy groups -OCH3 is 1. The van der Waals surface area contributed by atoms with Crippen LogP contribution in [0.4, 0.5) is 5.69 Å².